The standard InChI is InChI=1S/C18H28N4O2S/c1-2-19-18(21-16-8-4-5-9-16)20-12-14-25(23,24)22-13-11-15-7-3-6-10-17(15)22/h3,6-7,10,16H,2,4-5,8-9,11-14H2,1H3,(H2,19,20,21). The molecule has 25 heavy (non-hydrogen) atoms. The number of nitrogens with zero attached hydrogens (tertiary/aromatic N) is 2. The molecular weight excluding hydrogens is 336 g/mol. The van der Waals surface area contributed by atoms with E-state index in [0.717, 1.165) is 43.0 Å². The van der Waals surface area contributed by atoms with Crippen molar-refractivity contribution in [1.82, 2.24) is 10.6 Å². The van der Waals surface area contributed by atoms with Crippen LogP contribution in [0.15, 0.2) is 29.3 Å². The highest BCUT2D eigenvalue weighted by molar-refractivity contribution is 7.92. The lowest BCUT2D eigenvalue weighted by atomic mass is 10.2. The second-order valence-electron chi connectivity index (χ2n) is 6.65. The van der Waals surface area contributed by atoms with Crippen molar-refractivity contribution in [2.24, 2.45) is 4.99 Å². The van der Waals surface area contributed by atoms with Crippen LogP contribution in [0.4, 0.5) is 5.69 Å². The van der Waals surface area contributed by atoms with Gasteiger partial charge in [-0.2, -0.15) is 0 Å². The molecule has 3 rings (SSSR count). The van der Waals surface area contributed by atoms with E-state index in [4.69, 9.17) is 0 Å². The molecule has 0 amide bonds. The number of rotatable bonds is 6. The van der Waals surface area contributed by atoms with Crippen LogP contribution in [-0.2, 0) is 16.4 Å². The molecule has 0 unspecified atom stereocenters. The minimum Gasteiger partial charge on any atom is -0.357 e. The molecule has 0 bridgehead atoms. The Hall–Kier alpha value is -1.76. The maximum absolute atomic E-state index is 12.7. The van der Waals surface area contributed by atoms with Crippen molar-refractivity contribution >= 4 is 21.7 Å². The lowest BCUT2D eigenvalue weighted by molar-refractivity contribution is 0.591. The Kier molecular flexibility index (Phi) is 5.83. The van der Waals surface area contributed by atoms with Gasteiger partial charge in [-0.1, -0.05) is 31.0 Å². The maximum Gasteiger partial charge on any atom is 0.237 e. The number of aliphatic imine (C=N–C) groups is 1. The minimum absolute atomic E-state index is 0.0303. The number of benzene rings is 1. The normalized spacial score (nSPS) is 18.4. The first-order valence-corrected chi connectivity index (χ1v) is 10.8. The summed E-state index contributed by atoms with van der Waals surface area (Å²) in [6.07, 6.45) is 5.60. The van der Waals surface area contributed by atoms with Crippen LogP contribution < -0.4 is 14.9 Å². The van der Waals surface area contributed by atoms with E-state index in [2.05, 4.69) is 15.6 Å². The van der Waals surface area contributed by atoms with Gasteiger partial charge in [0.1, 0.15) is 0 Å². The average molecular weight is 365 g/mol. The first-order chi connectivity index (χ1) is 12.1. The smallest absolute Gasteiger partial charge is 0.237 e. The van der Waals surface area contributed by atoms with Crippen LogP contribution in [0.1, 0.15) is 38.2 Å². The topological polar surface area (TPSA) is 73.8 Å². The lowest BCUT2D eigenvalue weighted by Gasteiger charge is -2.19. The lowest BCUT2D eigenvalue weighted by Crippen LogP contribution is -2.42. The van der Waals surface area contributed by atoms with Crippen LogP contribution in [0.2, 0.25) is 0 Å². The molecule has 0 spiro atoms. The van der Waals surface area contributed by atoms with Gasteiger partial charge in [-0.15, -0.1) is 0 Å². The van der Waals surface area contributed by atoms with E-state index in [9.17, 15) is 8.42 Å². The summed E-state index contributed by atoms with van der Waals surface area (Å²) in [7, 11) is -3.34. The molecular formula is C18H28N4O2S. The third-order valence-corrected chi connectivity index (χ3v) is 6.59. The van der Waals surface area contributed by atoms with Gasteiger partial charge in [0, 0.05) is 19.1 Å². The average Bonchev–Trinajstić information content (AvgIpc) is 3.24. The Morgan fingerprint density at radius 1 is 1.28 bits per heavy atom. The summed E-state index contributed by atoms with van der Waals surface area (Å²) in [6.45, 7) is 3.59. The van der Waals surface area contributed by atoms with Gasteiger partial charge in [0.05, 0.1) is 18.0 Å². The molecule has 1 aromatic carbocycles. The van der Waals surface area contributed by atoms with Crippen molar-refractivity contribution in [3.05, 3.63) is 29.8 Å². The molecule has 1 aliphatic heterocycles. The zero-order chi connectivity index (χ0) is 17.7. The molecule has 7 heteroatoms. The number of sulfonamides is 1. The molecule has 1 saturated carbocycles. The highest BCUT2D eigenvalue weighted by Gasteiger charge is 2.28. The summed E-state index contributed by atoms with van der Waals surface area (Å²) in [5, 5.41) is 6.63. The Morgan fingerprint density at radius 2 is 2.04 bits per heavy atom. The number of nitrogens with one attached hydrogen (secondary N) is 2. The Labute approximate surface area is 150 Å². The third-order valence-electron chi connectivity index (χ3n) is 4.84. The fourth-order valence-corrected chi connectivity index (χ4v) is 4.95. The maximum atomic E-state index is 12.7. The molecule has 0 radical (unpaired) electrons. The molecule has 138 valence electrons. The van der Waals surface area contributed by atoms with Crippen molar-refractivity contribution < 1.29 is 8.42 Å². The second kappa shape index (κ2) is 8.08. The van der Waals surface area contributed by atoms with E-state index >= 15 is 0 Å². The summed E-state index contributed by atoms with van der Waals surface area (Å²) in [4.78, 5) is 4.48. The van der Waals surface area contributed by atoms with Gasteiger partial charge >= 0.3 is 0 Å². The number of guanidine groups is 1. The predicted molar refractivity (Wildman–Crippen MR) is 103 cm³/mol. The molecule has 1 heterocycles. The van der Waals surface area contributed by atoms with E-state index in [1.54, 1.807) is 0 Å². The SMILES string of the molecule is CCNC(=NCCS(=O)(=O)N1CCc2ccccc21)NC1CCCC1. The molecule has 0 aromatic heterocycles. The number of anilines is 1. The van der Waals surface area contributed by atoms with E-state index in [0.29, 0.717) is 12.6 Å². The molecule has 6 nitrogen and oxygen atoms in total. The first kappa shape index (κ1) is 18.0. The summed E-state index contributed by atoms with van der Waals surface area (Å²) < 4.78 is 26.9. The zero-order valence-electron chi connectivity index (χ0n) is 14.9. The van der Waals surface area contributed by atoms with Gasteiger partial charge in [0.15, 0.2) is 5.96 Å². The fraction of sp³-hybridized carbons (Fsp3) is 0.611. The molecule has 0 saturated heterocycles. The number of hydrogen-bond donors (Lipinski definition) is 2. The fourth-order valence-electron chi connectivity index (χ4n) is 3.56. The summed E-state index contributed by atoms with van der Waals surface area (Å²) in [5.41, 5.74) is 1.92. The van der Waals surface area contributed by atoms with Crippen molar-refractivity contribution in [2.75, 3.05) is 29.7 Å². The van der Waals surface area contributed by atoms with Gasteiger partial charge in [-0.3, -0.25) is 9.30 Å². The van der Waals surface area contributed by atoms with Gasteiger partial charge in [0.2, 0.25) is 10.0 Å². The predicted octanol–water partition coefficient (Wildman–Crippen LogP) is 1.88. The van der Waals surface area contributed by atoms with Crippen LogP contribution >= 0.6 is 0 Å². The molecule has 1 fully saturated rings. The van der Waals surface area contributed by atoms with Crippen molar-refractivity contribution in [2.45, 2.75) is 45.1 Å². The van der Waals surface area contributed by atoms with Crippen LogP contribution in [0.3, 0.4) is 0 Å². The Morgan fingerprint density at radius 3 is 2.80 bits per heavy atom. The van der Waals surface area contributed by atoms with Crippen LogP contribution in [-0.4, -0.2) is 45.8 Å². The zero-order valence-corrected chi connectivity index (χ0v) is 15.7. The summed E-state index contributed by atoms with van der Waals surface area (Å²) >= 11 is 0. The van der Waals surface area contributed by atoms with Gasteiger partial charge in [-0.25, -0.2) is 8.42 Å². The molecule has 1 aromatic rings. The number of fused-ring (bicyclic) bond motifs is 1. The van der Waals surface area contributed by atoms with E-state index in [-0.39, 0.29) is 12.3 Å². The van der Waals surface area contributed by atoms with Crippen molar-refractivity contribution in [3.63, 3.8) is 0 Å². The van der Waals surface area contributed by atoms with E-state index < -0.39 is 10.0 Å². The third kappa shape index (κ3) is 4.45. The van der Waals surface area contributed by atoms with Crippen LogP contribution in [0.5, 0.6) is 0 Å². The van der Waals surface area contributed by atoms with Gasteiger partial charge in [0.25, 0.3) is 0 Å². The highest BCUT2D eigenvalue weighted by atomic mass is 32.2. The highest BCUT2D eigenvalue weighted by Crippen LogP contribution is 2.29. The van der Waals surface area contributed by atoms with Gasteiger partial charge in [-0.05, 0) is 37.8 Å². The summed E-state index contributed by atoms with van der Waals surface area (Å²) in [5.74, 6) is 0.759. The number of hydrogen-bond acceptors (Lipinski definition) is 3. The molecule has 2 aliphatic rings. The van der Waals surface area contributed by atoms with Crippen LogP contribution in [0.25, 0.3) is 0 Å². The summed E-state index contributed by atoms with van der Waals surface area (Å²) in [6, 6.07) is 8.18. The first-order valence-electron chi connectivity index (χ1n) is 9.23. The largest absolute Gasteiger partial charge is 0.357 e. The monoisotopic (exact) mass is 364 g/mol. The Bertz CT molecular complexity index is 712. The van der Waals surface area contributed by atoms with Crippen molar-refractivity contribution in [3.8, 4) is 0 Å². The van der Waals surface area contributed by atoms with E-state index in [1.807, 2.05) is 31.2 Å². The van der Waals surface area contributed by atoms with Crippen molar-refractivity contribution in [1.29, 1.82) is 0 Å². The number of para-hydroxylation sites is 1. The molecule has 1 aliphatic carbocycles. The quantitative estimate of drug-likeness (QED) is 0.597. The van der Waals surface area contributed by atoms with Crippen LogP contribution in [0, 0.1) is 0 Å². The second-order valence-corrected chi connectivity index (χ2v) is 8.67. The minimum atomic E-state index is -3.34. The Balaban J connectivity index is 1.61. The van der Waals surface area contributed by atoms with E-state index in [1.165, 1.54) is 17.1 Å². The molecule has 0 atom stereocenters. The van der Waals surface area contributed by atoms with Gasteiger partial charge < -0.3 is 10.6 Å². The molecule has 2 N–H and O–H groups in total.